The Balaban J connectivity index is 3.71. The Morgan fingerprint density at radius 3 is 2.11 bits per heavy atom. The molecule has 0 N–H and O–H groups in total. The van der Waals surface area contributed by atoms with Crippen molar-refractivity contribution >= 4 is 7.85 Å². The molecule has 0 aromatic heterocycles. The van der Waals surface area contributed by atoms with Crippen LogP contribution in [0.3, 0.4) is 0 Å². The third-order valence-corrected chi connectivity index (χ3v) is 1.66. The van der Waals surface area contributed by atoms with Crippen molar-refractivity contribution in [1.82, 2.24) is 0 Å². The zero-order valence-electron chi connectivity index (χ0n) is 6.70. The lowest BCUT2D eigenvalue weighted by Crippen LogP contribution is -2.09. The number of hydrogen-bond donors (Lipinski definition) is 0. The summed E-state index contributed by atoms with van der Waals surface area (Å²) in [5, 5.41) is 0. The van der Waals surface area contributed by atoms with Gasteiger partial charge in [-0.15, -0.1) is 12.1 Å². The van der Waals surface area contributed by atoms with E-state index in [4.69, 9.17) is 7.85 Å². The maximum atomic E-state index is 5.46. The van der Waals surface area contributed by atoms with E-state index in [2.05, 4.69) is 27.4 Å². The minimum Gasteiger partial charge on any atom is -0.124 e. The van der Waals surface area contributed by atoms with Gasteiger partial charge in [0.2, 0.25) is 0 Å². The smallest absolute Gasteiger partial charge is 0.106 e. The van der Waals surface area contributed by atoms with Crippen molar-refractivity contribution < 1.29 is 0 Å². The number of hydrogen-bond acceptors (Lipinski definition) is 0. The van der Waals surface area contributed by atoms with E-state index >= 15 is 0 Å². The molecule has 0 saturated heterocycles. The van der Waals surface area contributed by atoms with Gasteiger partial charge in [0, 0.05) is 0 Å². The zero-order chi connectivity index (χ0) is 7.49. The van der Waals surface area contributed by atoms with E-state index in [1.54, 1.807) is 0 Å². The second-order valence-electron chi connectivity index (χ2n) is 3.35. The van der Waals surface area contributed by atoms with Crippen LogP contribution in [-0.4, -0.2) is 7.85 Å². The number of allylic oxidation sites excluding steroid dienone is 1. The van der Waals surface area contributed by atoms with E-state index in [0.29, 0.717) is 5.41 Å². The van der Waals surface area contributed by atoms with Crippen molar-refractivity contribution in [2.45, 2.75) is 33.6 Å². The summed E-state index contributed by atoms with van der Waals surface area (Å²) in [6.45, 7) is 10.2. The van der Waals surface area contributed by atoms with Crippen LogP contribution < -0.4 is 0 Å². The van der Waals surface area contributed by atoms with Crippen LogP contribution in [0.15, 0.2) is 12.1 Å². The van der Waals surface area contributed by atoms with Gasteiger partial charge in [-0.05, 0) is 11.8 Å². The number of rotatable bonds is 3. The highest BCUT2D eigenvalue weighted by atomic mass is 14.2. The summed E-state index contributed by atoms with van der Waals surface area (Å²) in [7, 11) is 5.46. The van der Waals surface area contributed by atoms with Gasteiger partial charge in [0.05, 0.1) is 0 Å². The molecule has 0 fully saturated rings. The molecule has 0 unspecified atom stereocenters. The van der Waals surface area contributed by atoms with Gasteiger partial charge in [0.1, 0.15) is 7.85 Å². The Hall–Kier alpha value is -0.195. The summed E-state index contributed by atoms with van der Waals surface area (Å²) in [6, 6.07) is 0. The van der Waals surface area contributed by atoms with Gasteiger partial charge in [0.25, 0.3) is 0 Å². The van der Waals surface area contributed by atoms with Crippen molar-refractivity contribution in [1.29, 1.82) is 0 Å². The highest BCUT2D eigenvalue weighted by Gasteiger charge is 2.13. The highest BCUT2D eigenvalue weighted by Crippen LogP contribution is 2.26. The molecule has 0 aliphatic rings. The Labute approximate surface area is 59.8 Å². The molecule has 0 spiro atoms. The summed E-state index contributed by atoms with van der Waals surface area (Å²) in [5.74, 6) is 0. The SMILES string of the molecule is [B]C(=C)CC(C)(C)CC. The van der Waals surface area contributed by atoms with Crippen LogP contribution in [0.25, 0.3) is 0 Å². The molecule has 0 nitrogen and oxygen atoms in total. The van der Waals surface area contributed by atoms with Gasteiger partial charge >= 0.3 is 0 Å². The molecule has 50 valence electrons. The monoisotopic (exact) mass is 122 g/mol. The summed E-state index contributed by atoms with van der Waals surface area (Å²) in [5.41, 5.74) is 1.13. The molecule has 2 radical (unpaired) electrons. The van der Waals surface area contributed by atoms with Crippen LogP contribution in [0.4, 0.5) is 0 Å². The first-order chi connectivity index (χ1) is 3.98. The van der Waals surface area contributed by atoms with E-state index in [9.17, 15) is 0 Å². The lowest BCUT2D eigenvalue weighted by molar-refractivity contribution is 0.354. The summed E-state index contributed by atoms with van der Waals surface area (Å²) in [6.07, 6.45) is 2.09. The topological polar surface area (TPSA) is 0 Å². The van der Waals surface area contributed by atoms with Gasteiger partial charge in [-0.25, -0.2) is 0 Å². The normalized spacial score (nSPS) is 11.4. The van der Waals surface area contributed by atoms with E-state index in [1.807, 2.05) is 0 Å². The highest BCUT2D eigenvalue weighted by molar-refractivity contribution is 6.21. The standard InChI is InChI=1S/C8H15B/c1-5-8(3,4)6-7(2)9/h2,5-6H2,1,3-4H3. The van der Waals surface area contributed by atoms with Gasteiger partial charge in [-0.2, -0.15) is 0 Å². The fourth-order valence-corrected chi connectivity index (χ4v) is 0.740. The molecule has 0 rings (SSSR count). The molecule has 9 heavy (non-hydrogen) atoms. The third kappa shape index (κ3) is 4.32. The summed E-state index contributed by atoms with van der Waals surface area (Å²) < 4.78 is 0. The maximum absolute atomic E-state index is 5.46. The fourth-order valence-electron chi connectivity index (χ4n) is 0.740. The van der Waals surface area contributed by atoms with Crippen molar-refractivity contribution in [3.63, 3.8) is 0 Å². The molecule has 0 aliphatic carbocycles. The van der Waals surface area contributed by atoms with Crippen LogP contribution in [0.1, 0.15) is 33.6 Å². The molecular weight excluding hydrogens is 107 g/mol. The van der Waals surface area contributed by atoms with Crippen LogP contribution in [0.2, 0.25) is 0 Å². The molecule has 0 aromatic carbocycles. The van der Waals surface area contributed by atoms with Crippen LogP contribution in [-0.2, 0) is 0 Å². The summed E-state index contributed by atoms with van der Waals surface area (Å²) in [4.78, 5) is 0. The first kappa shape index (κ1) is 8.80. The molecule has 1 heteroatoms. The lowest BCUT2D eigenvalue weighted by Gasteiger charge is -2.22. The Morgan fingerprint density at radius 1 is 1.56 bits per heavy atom. The quantitative estimate of drug-likeness (QED) is 0.504. The zero-order valence-corrected chi connectivity index (χ0v) is 6.70. The van der Waals surface area contributed by atoms with E-state index in [0.717, 1.165) is 18.3 Å². The molecule has 0 aliphatic heterocycles. The Morgan fingerprint density at radius 2 is 2.00 bits per heavy atom. The maximum Gasteiger partial charge on any atom is 0.106 e. The minimum atomic E-state index is 0.339. The van der Waals surface area contributed by atoms with Crippen LogP contribution >= 0.6 is 0 Å². The molecule has 0 amide bonds. The minimum absolute atomic E-state index is 0.339. The Bertz CT molecular complexity index is 103. The van der Waals surface area contributed by atoms with Crippen molar-refractivity contribution in [2.75, 3.05) is 0 Å². The fraction of sp³-hybridized carbons (Fsp3) is 0.750. The second-order valence-corrected chi connectivity index (χ2v) is 3.35. The van der Waals surface area contributed by atoms with Crippen LogP contribution in [0.5, 0.6) is 0 Å². The molecule has 0 bridgehead atoms. The predicted octanol–water partition coefficient (Wildman–Crippen LogP) is 2.49. The molecular formula is C8H15B. The van der Waals surface area contributed by atoms with E-state index in [-0.39, 0.29) is 0 Å². The van der Waals surface area contributed by atoms with E-state index in [1.165, 1.54) is 0 Å². The second kappa shape index (κ2) is 3.10. The molecule has 0 atom stereocenters. The van der Waals surface area contributed by atoms with E-state index < -0.39 is 0 Å². The van der Waals surface area contributed by atoms with Gasteiger partial charge in [-0.3, -0.25) is 0 Å². The Kier molecular flexibility index (Phi) is 3.03. The average Bonchev–Trinajstić information content (AvgIpc) is 1.63. The van der Waals surface area contributed by atoms with Crippen molar-refractivity contribution in [2.24, 2.45) is 5.41 Å². The lowest BCUT2D eigenvalue weighted by atomic mass is 9.78. The van der Waals surface area contributed by atoms with Gasteiger partial charge < -0.3 is 0 Å². The predicted molar refractivity (Wildman–Crippen MR) is 43.6 cm³/mol. The van der Waals surface area contributed by atoms with Crippen molar-refractivity contribution in [3.05, 3.63) is 12.1 Å². The largest absolute Gasteiger partial charge is 0.124 e. The first-order valence-corrected chi connectivity index (χ1v) is 3.41. The molecule has 0 heterocycles. The summed E-state index contributed by atoms with van der Waals surface area (Å²) >= 11 is 0. The van der Waals surface area contributed by atoms with Gasteiger partial charge in [0.15, 0.2) is 0 Å². The van der Waals surface area contributed by atoms with Crippen LogP contribution in [0, 0.1) is 5.41 Å². The average molecular weight is 122 g/mol. The first-order valence-electron chi connectivity index (χ1n) is 3.41. The van der Waals surface area contributed by atoms with Gasteiger partial charge in [-0.1, -0.05) is 27.2 Å². The third-order valence-electron chi connectivity index (χ3n) is 1.66. The van der Waals surface area contributed by atoms with Crippen molar-refractivity contribution in [3.8, 4) is 0 Å². The molecule has 0 aromatic rings. The molecule has 0 saturated carbocycles.